The van der Waals surface area contributed by atoms with E-state index in [0.717, 1.165) is 4.68 Å². The summed E-state index contributed by atoms with van der Waals surface area (Å²) in [5, 5.41) is 7.83. The molecule has 1 aliphatic heterocycles. The molecule has 1 amide bonds. The van der Waals surface area contributed by atoms with Gasteiger partial charge in [-0.25, -0.2) is 13.5 Å². The highest BCUT2D eigenvalue weighted by molar-refractivity contribution is 6.04. The van der Waals surface area contributed by atoms with Gasteiger partial charge in [-0.1, -0.05) is 24.3 Å². The van der Waals surface area contributed by atoms with Crippen LogP contribution in [0.25, 0.3) is 21.9 Å². The molecule has 0 unspecified atom stereocenters. The average molecular weight is 461 g/mol. The van der Waals surface area contributed by atoms with E-state index in [1.807, 2.05) is 0 Å². The van der Waals surface area contributed by atoms with Crippen molar-refractivity contribution >= 4 is 16.7 Å². The fraction of sp³-hybridized carbons (Fsp3) is 0.192. The van der Waals surface area contributed by atoms with E-state index in [-0.39, 0.29) is 23.6 Å². The zero-order valence-electron chi connectivity index (χ0n) is 18.6. The smallest absolute Gasteiger partial charge is 0.274 e. The number of aromatic nitrogens is 2. The van der Waals surface area contributed by atoms with Crippen LogP contribution < -0.4 is 15.6 Å². The zero-order valence-corrected chi connectivity index (χ0v) is 18.6. The second-order valence-corrected chi connectivity index (χ2v) is 8.38. The van der Waals surface area contributed by atoms with E-state index < -0.39 is 17.8 Å². The van der Waals surface area contributed by atoms with Gasteiger partial charge in [0.25, 0.3) is 11.5 Å². The van der Waals surface area contributed by atoms with Gasteiger partial charge in [0.15, 0.2) is 5.69 Å². The summed E-state index contributed by atoms with van der Waals surface area (Å²) in [6.45, 7) is 1.81. The van der Waals surface area contributed by atoms with Crippen molar-refractivity contribution in [3.05, 3.63) is 93.4 Å². The minimum absolute atomic E-state index is 0.140. The van der Waals surface area contributed by atoms with Gasteiger partial charge >= 0.3 is 0 Å². The molecule has 1 aliphatic rings. The lowest BCUT2D eigenvalue weighted by Crippen LogP contribution is -2.36. The van der Waals surface area contributed by atoms with Crippen LogP contribution in [0.3, 0.4) is 0 Å². The molecule has 0 spiro atoms. The third-order valence-electron chi connectivity index (χ3n) is 5.99. The number of nitrogens with one attached hydrogen (secondary N) is 1. The van der Waals surface area contributed by atoms with Crippen LogP contribution in [0.4, 0.5) is 8.78 Å². The number of nitrogens with zero attached hydrogens (tertiary/aromatic N) is 2. The summed E-state index contributed by atoms with van der Waals surface area (Å²) in [5.74, 6) is -0.660. The molecule has 4 aromatic rings. The maximum atomic E-state index is 14.3. The molecule has 1 atom stereocenters. The van der Waals surface area contributed by atoms with Crippen LogP contribution in [0, 0.1) is 18.6 Å². The number of halogens is 2. The predicted molar refractivity (Wildman–Crippen MR) is 124 cm³/mol. The molecule has 0 aliphatic carbocycles. The maximum absolute atomic E-state index is 14.3. The van der Waals surface area contributed by atoms with Crippen LogP contribution in [-0.4, -0.2) is 28.3 Å². The number of hydrogen-bond donors (Lipinski definition) is 1. The standard InChI is InChI=1S/C26H21F2N3O3/c1-14-9-15(7-8-22(14)28)21-12-17(27)10-16-11-18(34-24(16)21)13-29-25(32)23-19-5-3-4-6-20(19)26(33)31(2)30-23/h3-10,12,18H,11,13H2,1-2H3,(H,29,32)/t18-/m0/s1. The van der Waals surface area contributed by atoms with E-state index in [1.54, 1.807) is 43.3 Å². The number of aryl methyl sites for hydroxylation is 2. The molecule has 8 heteroatoms. The molecule has 5 rings (SSSR count). The first-order valence-electron chi connectivity index (χ1n) is 10.8. The highest BCUT2D eigenvalue weighted by Gasteiger charge is 2.28. The molecule has 0 bridgehead atoms. The lowest BCUT2D eigenvalue weighted by molar-refractivity contribution is 0.0928. The molecule has 3 aromatic carbocycles. The third-order valence-corrected chi connectivity index (χ3v) is 5.99. The van der Waals surface area contributed by atoms with E-state index in [0.29, 0.717) is 45.2 Å². The molecule has 0 saturated carbocycles. The molecule has 1 N–H and O–H groups in total. The SMILES string of the molecule is Cc1cc(-c2cc(F)cc3c2O[C@H](CNC(=O)c2nn(C)c(=O)c4ccccc24)C3)ccc1F. The van der Waals surface area contributed by atoms with E-state index in [9.17, 15) is 18.4 Å². The number of ether oxygens (including phenoxy) is 1. The van der Waals surface area contributed by atoms with Gasteiger partial charge in [0.2, 0.25) is 0 Å². The van der Waals surface area contributed by atoms with Crippen LogP contribution in [-0.2, 0) is 13.5 Å². The van der Waals surface area contributed by atoms with Crippen LogP contribution in [0.5, 0.6) is 5.75 Å². The van der Waals surface area contributed by atoms with Gasteiger partial charge in [-0.2, -0.15) is 5.10 Å². The monoisotopic (exact) mass is 461 g/mol. The molecular formula is C26H21F2N3O3. The molecule has 0 saturated heterocycles. The van der Waals surface area contributed by atoms with Crippen LogP contribution in [0.2, 0.25) is 0 Å². The molecular weight excluding hydrogens is 440 g/mol. The summed E-state index contributed by atoms with van der Waals surface area (Å²) >= 11 is 0. The Morgan fingerprint density at radius 1 is 1.15 bits per heavy atom. The van der Waals surface area contributed by atoms with Crippen molar-refractivity contribution in [2.45, 2.75) is 19.4 Å². The summed E-state index contributed by atoms with van der Waals surface area (Å²) in [6, 6.07) is 14.2. The number of fused-ring (bicyclic) bond motifs is 2. The summed E-state index contributed by atoms with van der Waals surface area (Å²) in [7, 11) is 1.50. The average Bonchev–Trinajstić information content (AvgIpc) is 3.24. The van der Waals surface area contributed by atoms with Gasteiger partial charge in [0.05, 0.1) is 11.9 Å². The van der Waals surface area contributed by atoms with Gasteiger partial charge in [-0.3, -0.25) is 9.59 Å². The first-order chi connectivity index (χ1) is 16.3. The lowest BCUT2D eigenvalue weighted by Gasteiger charge is -2.14. The Morgan fingerprint density at radius 3 is 2.68 bits per heavy atom. The van der Waals surface area contributed by atoms with Crippen molar-refractivity contribution in [3.8, 4) is 16.9 Å². The second kappa shape index (κ2) is 8.37. The first kappa shape index (κ1) is 21.8. The molecule has 0 radical (unpaired) electrons. The van der Waals surface area contributed by atoms with Crippen molar-refractivity contribution in [1.29, 1.82) is 0 Å². The molecule has 34 heavy (non-hydrogen) atoms. The minimum atomic E-state index is -0.438. The van der Waals surface area contributed by atoms with E-state index >= 15 is 0 Å². The summed E-state index contributed by atoms with van der Waals surface area (Å²) in [4.78, 5) is 25.2. The minimum Gasteiger partial charge on any atom is -0.487 e. The summed E-state index contributed by atoms with van der Waals surface area (Å²) in [5.41, 5.74) is 2.18. The van der Waals surface area contributed by atoms with Crippen molar-refractivity contribution < 1.29 is 18.3 Å². The van der Waals surface area contributed by atoms with Gasteiger partial charge in [0, 0.05) is 30.0 Å². The van der Waals surface area contributed by atoms with Gasteiger partial charge in [-0.05, 0) is 48.4 Å². The summed E-state index contributed by atoms with van der Waals surface area (Å²) in [6.07, 6.45) is -0.0120. The Morgan fingerprint density at radius 2 is 1.91 bits per heavy atom. The number of carbonyl (C=O) groups is 1. The van der Waals surface area contributed by atoms with Crippen molar-refractivity contribution in [2.24, 2.45) is 7.05 Å². The van der Waals surface area contributed by atoms with Crippen LogP contribution >= 0.6 is 0 Å². The number of benzene rings is 3. The fourth-order valence-electron chi connectivity index (χ4n) is 4.29. The van der Waals surface area contributed by atoms with Crippen molar-refractivity contribution in [3.63, 3.8) is 0 Å². The Labute approximate surface area is 193 Å². The summed E-state index contributed by atoms with van der Waals surface area (Å²) < 4.78 is 35.3. The van der Waals surface area contributed by atoms with Crippen LogP contribution in [0.1, 0.15) is 21.6 Å². The third kappa shape index (κ3) is 3.81. The lowest BCUT2D eigenvalue weighted by atomic mass is 9.99. The fourth-order valence-corrected chi connectivity index (χ4v) is 4.29. The topological polar surface area (TPSA) is 73.2 Å². The molecule has 1 aromatic heterocycles. The second-order valence-electron chi connectivity index (χ2n) is 8.38. The zero-order chi connectivity index (χ0) is 24.0. The maximum Gasteiger partial charge on any atom is 0.274 e. The Kier molecular flexibility index (Phi) is 5.36. The number of rotatable bonds is 4. The van der Waals surface area contributed by atoms with Crippen molar-refractivity contribution in [1.82, 2.24) is 15.1 Å². The normalized spacial score (nSPS) is 14.6. The largest absolute Gasteiger partial charge is 0.487 e. The number of hydrogen-bond acceptors (Lipinski definition) is 4. The molecule has 0 fully saturated rings. The Bertz CT molecular complexity index is 1510. The van der Waals surface area contributed by atoms with Gasteiger partial charge in [0.1, 0.15) is 23.5 Å². The number of carbonyl (C=O) groups excluding carboxylic acids is 1. The molecule has 6 nitrogen and oxygen atoms in total. The molecule has 172 valence electrons. The van der Waals surface area contributed by atoms with E-state index in [2.05, 4.69) is 10.4 Å². The Balaban J connectivity index is 1.37. The Hall–Kier alpha value is -4.07. The van der Waals surface area contributed by atoms with Gasteiger partial charge < -0.3 is 10.1 Å². The van der Waals surface area contributed by atoms with Crippen molar-refractivity contribution in [2.75, 3.05) is 6.54 Å². The predicted octanol–water partition coefficient (Wildman–Crippen LogP) is 3.92. The highest BCUT2D eigenvalue weighted by Crippen LogP contribution is 2.40. The highest BCUT2D eigenvalue weighted by atomic mass is 19.1. The van der Waals surface area contributed by atoms with E-state index in [1.165, 1.54) is 25.2 Å². The molecule has 2 heterocycles. The number of amides is 1. The quantitative estimate of drug-likeness (QED) is 0.500. The van der Waals surface area contributed by atoms with Crippen LogP contribution in [0.15, 0.2) is 59.4 Å². The van der Waals surface area contributed by atoms with Gasteiger partial charge in [-0.15, -0.1) is 0 Å². The van der Waals surface area contributed by atoms with E-state index in [4.69, 9.17) is 4.74 Å². The first-order valence-corrected chi connectivity index (χ1v) is 10.8.